The van der Waals surface area contributed by atoms with Gasteiger partial charge in [0.25, 0.3) is 0 Å². The van der Waals surface area contributed by atoms with Crippen molar-refractivity contribution in [3.63, 3.8) is 0 Å². The van der Waals surface area contributed by atoms with Crippen molar-refractivity contribution >= 4 is 30.1 Å². The Labute approximate surface area is 79.8 Å². The highest BCUT2D eigenvalue weighted by Gasteiger charge is 2.09. The summed E-state index contributed by atoms with van der Waals surface area (Å²) in [6, 6.07) is 6.27. The largest absolute Gasteiger partial charge is 0.424 e. The van der Waals surface area contributed by atoms with Crippen molar-refractivity contribution in [3.8, 4) is 5.75 Å². The summed E-state index contributed by atoms with van der Waals surface area (Å²) in [5.41, 5.74) is 0. The van der Waals surface area contributed by atoms with Crippen LogP contribution in [-0.4, -0.2) is 9.79 Å². The Morgan fingerprint density at radius 1 is 1.42 bits per heavy atom. The van der Waals surface area contributed by atoms with Gasteiger partial charge in [0.05, 0.1) is 0 Å². The van der Waals surface area contributed by atoms with Gasteiger partial charge in [-0.25, -0.2) is 0 Å². The molecule has 1 aromatic carbocycles. The Kier molecular flexibility index (Phi) is 3.09. The Morgan fingerprint density at radius 3 is 2.58 bits per heavy atom. The zero-order valence-electron chi connectivity index (χ0n) is 5.85. The van der Waals surface area contributed by atoms with Crippen LogP contribution in [0.1, 0.15) is 0 Å². The maximum Gasteiger partial charge on any atom is 0.375 e. The van der Waals surface area contributed by atoms with Gasteiger partial charge in [-0.15, -0.1) is 0 Å². The van der Waals surface area contributed by atoms with Crippen LogP contribution < -0.4 is 4.52 Å². The van der Waals surface area contributed by atoms with Gasteiger partial charge in [0.15, 0.2) is 0 Å². The third kappa shape index (κ3) is 3.52. The number of hydrogen-bond donors (Lipinski definition) is 2. The molecule has 1 rings (SSSR count). The van der Waals surface area contributed by atoms with E-state index < -0.39 is 6.72 Å². The lowest BCUT2D eigenvalue weighted by molar-refractivity contribution is 0.370. The standard InChI is InChI=1S/C6H6ClO3PS/c7-5-2-1-3-6(4-5)10-11(8,9)12/h1-4H,(H2,8,9,12). The lowest BCUT2D eigenvalue weighted by Gasteiger charge is -2.09. The second-order valence-electron chi connectivity index (χ2n) is 2.04. The monoisotopic (exact) mass is 224 g/mol. The average molecular weight is 225 g/mol. The molecule has 0 fully saturated rings. The van der Waals surface area contributed by atoms with E-state index in [1.165, 1.54) is 6.07 Å². The molecule has 0 saturated carbocycles. The first-order valence-corrected chi connectivity index (χ1v) is 5.98. The fourth-order valence-electron chi connectivity index (χ4n) is 0.661. The van der Waals surface area contributed by atoms with Crippen LogP contribution in [0.3, 0.4) is 0 Å². The molecule has 0 aliphatic rings. The molecule has 0 aliphatic heterocycles. The highest BCUT2D eigenvalue weighted by atomic mass is 35.5. The summed E-state index contributed by atoms with van der Waals surface area (Å²) < 4.78 is 4.64. The van der Waals surface area contributed by atoms with E-state index in [-0.39, 0.29) is 5.75 Å². The van der Waals surface area contributed by atoms with Crippen LogP contribution in [0.4, 0.5) is 0 Å². The van der Waals surface area contributed by atoms with Crippen LogP contribution in [0.15, 0.2) is 24.3 Å². The maximum absolute atomic E-state index is 8.78. The summed E-state index contributed by atoms with van der Waals surface area (Å²) in [6.45, 7) is -3.63. The zero-order valence-corrected chi connectivity index (χ0v) is 8.31. The van der Waals surface area contributed by atoms with Gasteiger partial charge in [0.1, 0.15) is 5.75 Å². The molecule has 12 heavy (non-hydrogen) atoms. The molecule has 0 unspecified atom stereocenters. The van der Waals surface area contributed by atoms with Crippen LogP contribution in [0.5, 0.6) is 5.75 Å². The van der Waals surface area contributed by atoms with Gasteiger partial charge in [-0.05, 0) is 18.2 Å². The van der Waals surface area contributed by atoms with Gasteiger partial charge in [0, 0.05) is 16.8 Å². The summed E-state index contributed by atoms with van der Waals surface area (Å²) in [5.74, 6) is 0.260. The molecule has 0 amide bonds. The molecule has 0 saturated heterocycles. The van der Waals surface area contributed by atoms with Crippen molar-refractivity contribution < 1.29 is 14.3 Å². The van der Waals surface area contributed by atoms with Crippen LogP contribution in [0.2, 0.25) is 5.02 Å². The smallest absolute Gasteiger partial charge is 0.375 e. The number of benzene rings is 1. The molecular formula is C6H6ClO3PS. The van der Waals surface area contributed by atoms with Crippen molar-refractivity contribution in [1.29, 1.82) is 0 Å². The van der Waals surface area contributed by atoms with Crippen molar-refractivity contribution in [2.75, 3.05) is 0 Å². The van der Waals surface area contributed by atoms with Crippen LogP contribution >= 0.6 is 18.3 Å². The fourth-order valence-corrected chi connectivity index (χ4v) is 1.49. The van der Waals surface area contributed by atoms with Gasteiger partial charge in [-0.1, -0.05) is 17.7 Å². The molecule has 0 spiro atoms. The van der Waals surface area contributed by atoms with E-state index in [1.54, 1.807) is 18.2 Å². The first-order valence-electron chi connectivity index (χ1n) is 2.98. The molecule has 1 aromatic rings. The van der Waals surface area contributed by atoms with Gasteiger partial charge >= 0.3 is 6.72 Å². The summed E-state index contributed by atoms with van der Waals surface area (Å²) in [7, 11) is 0. The maximum atomic E-state index is 8.78. The fraction of sp³-hybridized carbons (Fsp3) is 0. The quantitative estimate of drug-likeness (QED) is 0.754. The molecule has 66 valence electrons. The Morgan fingerprint density at radius 2 is 2.08 bits per heavy atom. The van der Waals surface area contributed by atoms with E-state index in [0.29, 0.717) is 5.02 Å². The molecular weight excluding hydrogens is 219 g/mol. The minimum Gasteiger partial charge on any atom is -0.424 e. The van der Waals surface area contributed by atoms with E-state index in [4.69, 9.17) is 21.4 Å². The second-order valence-corrected chi connectivity index (χ2v) is 5.07. The molecule has 6 heteroatoms. The van der Waals surface area contributed by atoms with Gasteiger partial charge in [0.2, 0.25) is 0 Å². The Balaban J connectivity index is 2.84. The zero-order chi connectivity index (χ0) is 9.19. The predicted molar refractivity (Wildman–Crippen MR) is 50.8 cm³/mol. The van der Waals surface area contributed by atoms with Gasteiger partial charge in [-0.3, -0.25) is 0 Å². The average Bonchev–Trinajstić information content (AvgIpc) is 1.82. The number of halogens is 1. The van der Waals surface area contributed by atoms with E-state index in [0.717, 1.165) is 0 Å². The first kappa shape index (κ1) is 9.96. The normalized spacial score (nSPS) is 11.2. The third-order valence-electron chi connectivity index (χ3n) is 1.02. The highest BCUT2D eigenvalue weighted by Crippen LogP contribution is 2.38. The Hall–Kier alpha value is -0.120. The van der Waals surface area contributed by atoms with Crippen LogP contribution in [0, 0.1) is 0 Å². The summed E-state index contributed by atoms with van der Waals surface area (Å²) in [5, 5.41) is 0.455. The minimum atomic E-state index is -3.63. The summed E-state index contributed by atoms with van der Waals surface area (Å²) >= 11 is 9.88. The molecule has 0 atom stereocenters. The molecule has 0 bridgehead atoms. The lowest BCUT2D eigenvalue weighted by atomic mass is 10.3. The van der Waals surface area contributed by atoms with Crippen molar-refractivity contribution in [2.45, 2.75) is 0 Å². The van der Waals surface area contributed by atoms with Crippen molar-refractivity contribution in [2.24, 2.45) is 0 Å². The van der Waals surface area contributed by atoms with Gasteiger partial charge < -0.3 is 14.3 Å². The molecule has 2 N–H and O–H groups in total. The topological polar surface area (TPSA) is 49.7 Å². The number of hydrogen-bond acceptors (Lipinski definition) is 2. The highest BCUT2D eigenvalue weighted by molar-refractivity contribution is 8.06. The van der Waals surface area contributed by atoms with Crippen molar-refractivity contribution in [1.82, 2.24) is 0 Å². The molecule has 0 aromatic heterocycles. The van der Waals surface area contributed by atoms with E-state index in [9.17, 15) is 0 Å². The second kappa shape index (κ2) is 3.73. The lowest BCUT2D eigenvalue weighted by Crippen LogP contribution is -1.88. The Bertz CT molecular complexity index is 324. The molecule has 0 heterocycles. The summed E-state index contributed by atoms with van der Waals surface area (Å²) in [4.78, 5) is 17.6. The predicted octanol–water partition coefficient (Wildman–Crippen LogP) is 1.93. The summed E-state index contributed by atoms with van der Waals surface area (Å²) in [6.07, 6.45) is 0. The minimum absolute atomic E-state index is 0.260. The van der Waals surface area contributed by atoms with E-state index >= 15 is 0 Å². The molecule has 3 nitrogen and oxygen atoms in total. The van der Waals surface area contributed by atoms with Crippen LogP contribution in [-0.2, 0) is 11.8 Å². The van der Waals surface area contributed by atoms with E-state index in [1.807, 2.05) is 0 Å². The van der Waals surface area contributed by atoms with Gasteiger partial charge in [-0.2, -0.15) is 0 Å². The SMILES string of the molecule is OP(O)(=S)Oc1cccc(Cl)c1. The van der Waals surface area contributed by atoms with Crippen molar-refractivity contribution in [3.05, 3.63) is 29.3 Å². The van der Waals surface area contributed by atoms with Crippen LogP contribution in [0.25, 0.3) is 0 Å². The molecule has 0 aliphatic carbocycles. The van der Waals surface area contributed by atoms with E-state index in [2.05, 4.69) is 16.3 Å². The first-order chi connectivity index (χ1) is 5.47. The number of rotatable bonds is 2. The molecule has 0 radical (unpaired) electrons. The third-order valence-corrected chi connectivity index (χ3v) is 1.93.